The van der Waals surface area contributed by atoms with Crippen molar-refractivity contribution in [2.45, 2.75) is 38.0 Å². The minimum Gasteiger partial charge on any atom is -0.382 e. The van der Waals surface area contributed by atoms with Crippen molar-refractivity contribution in [1.82, 2.24) is 24.8 Å². The van der Waals surface area contributed by atoms with Crippen molar-refractivity contribution in [3.05, 3.63) is 42.2 Å². The number of carbonyl (C=O) groups is 1. The van der Waals surface area contributed by atoms with Crippen LogP contribution in [0.3, 0.4) is 0 Å². The highest BCUT2D eigenvalue weighted by molar-refractivity contribution is 7.99. The summed E-state index contributed by atoms with van der Waals surface area (Å²) in [4.78, 5) is 30.2. The van der Waals surface area contributed by atoms with E-state index in [1.165, 1.54) is 18.1 Å². The highest BCUT2D eigenvalue weighted by atomic mass is 32.2. The van der Waals surface area contributed by atoms with Gasteiger partial charge in [-0.1, -0.05) is 42.1 Å². The maximum absolute atomic E-state index is 12.9. The molecule has 136 valence electrons. The van der Waals surface area contributed by atoms with Crippen LogP contribution in [0.4, 0.5) is 5.82 Å². The van der Waals surface area contributed by atoms with Crippen LogP contribution < -0.4 is 5.73 Å². The number of thioether (sulfide) groups is 1. The standard InChI is InChI=1S/C18H22N6OS/c1-18(2,3)24(9-12-7-5-4-6-8-12)13(25)10-26-17-22-14-15(19)20-11-21-16(14)23-17/h4-8,11H,9-10H2,1-3H3,(H3,19,20,21,22,23). The Morgan fingerprint density at radius 3 is 2.62 bits per heavy atom. The lowest BCUT2D eigenvalue weighted by atomic mass is 10.0. The Bertz CT molecular complexity index is 903. The third-order valence-corrected chi connectivity index (χ3v) is 4.78. The van der Waals surface area contributed by atoms with Gasteiger partial charge in [0.25, 0.3) is 0 Å². The Balaban J connectivity index is 1.71. The van der Waals surface area contributed by atoms with Gasteiger partial charge in [0, 0.05) is 12.1 Å². The smallest absolute Gasteiger partial charge is 0.233 e. The number of nitrogens with two attached hydrogens (primary N) is 1. The van der Waals surface area contributed by atoms with E-state index in [1.54, 1.807) is 0 Å². The monoisotopic (exact) mass is 370 g/mol. The fraction of sp³-hybridized carbons (Fsp3) is 0.333. The number of aromatic nitrogens is 4. The molecule has 8 heteroatoms. The fourth-order valence-corrected chi connectivity index (χ4v) is 3.31. The van der Waals surface area contributed by atoms with Crippen LogP contribution in [0, 0.1) is 0 Å². The lowest BCUT2D eigenvalue weighted by molar-refractivity contribution is -0.133. The molecule has 2 aromatic heterocycles. The Hall–Kier alpha value is -2.61. The summed E-state index contributed by atoms with van der Waals surface area (Å²) in [5.41, 5.74) is 7.73. The molecule has 3 rings (SSSR count). The number of carbonyl (C=O) groups excluding carboxylic acids is 1. The first-order valence-corrected chi connectivity index (χ1v) is 9.26. The van der Waals surface area contributed by atoms with Crippen molar-refractivity contribution in [3.8, 4) is 0 Å². The predicted octanol–water partition coefficient (Wildman–Crippen LogP) is 2.85. The fourth-order valence-electron chi connectivity index (χ4n) is 2.57. The van der Waals surface area contributed by atoms with Gasteiger partial charge >= 0.3 is 0 Å². The second-order valence-corrected chi connectivity index (χ2v) is 7.89. The molecule has 0 unspecified atom stereocenters. The Morgan fingerprint density at radius 2 is 1.96 bits per heavy atom. The van der Waals surface area contributed by atoms with E-state index in [4.69, 9.17) is 5.73 Å². The number of rotatable bonds is 5. The van der Waals surface area contributed by atoms with Gasteiger partial charge in [0.15, 0.2) is 16.6 Å². The summed E-state index contributed by atoms with van der Waals surface area (Å²) in [6, 6.07) is 9.99. The van der Waals surface area contributed by atoms with Crippen LogP contribution in [0.2, 0.25) is 0 Å². The van der Waals surface area contributed by atoms with E-state index >= 15 is 0 Å². The number of amides is 1. The van der Waals surface area contributed by atoms with Gasteiger partial charge in [0.05, 0.1) is 5.75 Å². The average molecular weight is 370 g/mol. The molecule has 0 atom stereocenters. The molecule has 0 radical (unpaired) electrons. The van der Waals surface area contributed by atoms with E-state index in [9.17, 15) is 4.79 Å². The third-order valence-electron chi connectivity index (χ3n) is 3.92. The Labute approximate surface area is 156 Å². The zero-order valence-corrected chi connectivity index (χ0v) is 15.9. The zero-order valence-electron chi connectivity index (χ0n) is 15.1. The summed E-state index contributed by atoms with van der Waals surface area (Å²) >= 11 is 1.34. The maximum atomic E-state index is 12.9. The number of aromatic amines is 1. The first-order chi connectivity index (χ1) is 12.3. The van der Waals surface area contributed by atoms with Crippen LogP contribution in [-0.4, -0.2) is 42.0 Å². The molecule has 0 aliphatic heterocycles. The van der Waals surface area contributed by atoms with Gasteiger partial charge in [-0.15, -0.1) is 0 Å². The second kappa shape index (κ2) is 7.33. The number of imidazole rings is 1. The number of hydrogen-bond donors (Lipinski definition) is 2. The summed E-state index contributed by atoms with van der Waals surface area (Å²) in [5.74, 6) is 0.670. The molecule has 0 bridgehead atoms. The van der Waals surface area contributed by atoms with E-state index in [0.29, 0.717) is 28.7 Å². The summed E-state index contributed by atoms with van der Waals surface area (Å²) in [6.45, 7) is 6.68. The quantitative estimate of drug-likeness (QED) is 0.670. The van der Waals surface area contributed by atoms with Gasteiger partial charge in [-0.2, -0.15) is 0 Å². The highest BCUT2D eigenvalue weighted by Crippen LogP contribution is 2.23. The van der Waals surface area contributed by atoms with Crippen molar-refractivity contribution >= 4 is 34.7 Å². The number of H-pyrrole nitrogens is 1. The largest absolute Gasteiger partial charge is 0.382 e. The lowest BCUT2D eigenvalue weighted by Crippen LogP contribution is -2.45. The molecule has 1 amide bonds. The Morgan fingerprint density at radius 1 is 1.23 bits per heavy atom. The van der Waals surface area contributed by atoms with Gasteiger partial charge in [-0.25, -0.2) is 15.0 Å². The number of benzene rings is 1. The van der Waals surface area contributed by atoms with E-state index in [0.717, 1.165) is 5.56 Å². The van der Waals surface area contributed by atoms with Crippen LogP contribution in [0.5, 0.6) is 0 Å². The Kier molecular flexibility index (Phi) is 5.13. The molecule has 0 fully saturated rings. The highest BCUT2D eigenvalue weighted by Gasteiger charge is 2.26. The van der Waals surface area contributed by atoms with Gasteiger partial charge in [-0.3, -0.25) is 4.79 Å². The molecule has 26 heavy (non-hydrogen) atoms. The summed E-state index contributed by atoms with van der Waals surface area (Å²) in [5, 5.41) is 0.606. The van der Waals surface area contributed by atoms with E-state index in [2.05, 4.69) is 19.9 Å². The predicted molar refractivity (Wildman–Crippen MR) is 104 cm³/mol. The molecule has 0 saturated heterocycles. The molecule has 3 N–H and O–H groups in total. The van der Waals surface area contributed by atoms with Crippen molar-refractivity contribution < 1.29 is 4.79 Å². The zero-order chi connectivity index (χ0) is 18.7. The van der Waals surface area contributed by atoms with Gasteiger partial charge in [0.2, 0.25) is 5.91 Å². The SMILES string of the molecule is CC(C)(C)N(Cc1ccccc1)C(=O)CSc1nc2ncnc(N)c2[nH]1. The molecule has 3 aromatic rings. The number of anilines is 1. The van der Waals surface area contributed by atoms with Crippen molar-refractivity contribution in [3.63, 3.8) is 0 Å². The van der Waals surface area contributed by atoms with Crippen LogP contribution in [0.1, 0.15) is 26.3 Å². The first kappa shape index (κ1) is 18.2. The van der Waals surface area contributed by atoms with Gasteiger partial charge in [0.1, 0.15) is 11.8 Å². The van der Waals surface area contributed by atoms with Crippen LogP contribution in [0.15, 0.2) is 41.8 Å². The first-order valence-electron chi connectivity index (χ1n) is 8.28. The summed E-state index contributed by atoms with van der Waals surface area (Å²) in [6.07, 6.45) is 1.37. The number of nitrogens with one attached hydrogen (secondary N) is 1. The number of nitrogen functional groups attached to an aromatic ring is 1. The molecule has 0 spiro atoms. The van der Waals surface area contributed by atoms with E-state index in [-0.39, 0.29) is 17.2 Å². The average Bonchev–Trinajstić information content (AvgIpc) is 3.02. The lowest BCUT2D eigenvalue weighted by Gasteiger charge is -2.36. The third kappa shape index (κ3) is 4.13. The normalized spacial score (nSPS) is 11.7. The van der Waals surface area contributed by atoms with Crippen molar-refractivity contribution in [2.24, 2.45) is 0 Å². The summed E-state index contributed by atoms with van der Waals surface area (Å²) in [7, 11) is 0. The second-order valence-electron chi connectivity index (χ2n) is 6.92. The van der Waals surface area contributed by atoms with Crippen LogP contribution >= 0.6 is 11.8 Å². The number of nitrogens with zero attached hydrogens (tertiary/aromatic N) is 4. The minimum absolute atomic E-state index is 0.0471. The topological polar surface area (TPSA) is 101 Å². The van der Waals surface area contributed by atoms with Gasteiger partial charge in [-0.05, 0) is 26.3 Å². The molecule has 1 aromatic carbocycles. The molecule has 2 heterocycles. The van der Waals surface area contributed by atoms with Crippen molar-refractivity contribution in [1.29, 1.82) is 0 Å². The molecular formula is C18H22N6OS. The van der Waals surface area contributed by atoms with Gasteiger partial charge < -0.3 is 15.6 Å². The van der Waals surface area contributed by atoms with Crippen LogP contribution in [-0.2, 0) is 11.3 Å². The molecule has 0 aliphatic rings. The van der Waals surface area contributed by atoms with E-state index in [1.807, 2.05) is 56.0 Å². The minimum atomic E-state index is -0.280. The van der Waals surface area contributed by atoms with Crippen LogP contribution in [0.25, 0.3) is 11.2 Å². The summed E-state index contributed by atoms with van der Waals surface area (Å²) < 4.78 is 0. The maximum Gasteiger partial charge on any atom is 0.233 e. The molecule has 0 saturated carbocycles. The molecule has 7 nitrogen and oxygen atoms in total. The molecule has 0 aliphatic carbocycles. The van der Waals surface area contributed by atoms with Crippen molar-refractivity contribution in [2.75, 3.05) is 11.5 Å². The number of fused-ring (bicyclic) bond motifs is 1. The molecular weight excluding hydrogens is 348 g/mol. The van der Waals surface area contributed by atoms with E-state index < -0.39 is 0 Å². The number of hydrogen-bond acceptors (Lipinski definition) is 6.